The van der Waals surface area contributed by atoms with Gasteiger partial charge in [0.25, 0.3) is 0 Å². The maximum absolute atomic E-state index is 12.3. The predicted octanol–water partition coefficient (Wildman–Crippen LogP) is 3.23. The van der Waals surface area contributed by atoms with E-state index in [1.165, 1.54) is 12.8 Å². The fourth-order valence-corrected chi connectivity index (χ4v) is 3.60. The van der Waals surface area contributed by atoms with E-state index >= 15 is 0 Å². The highest BCUT2D eigenvalue weighted by Crippen LogP contribution is 2.40. The van der Waals surface area contributed by atoms with E-state index < -0.39 is 0 Å². The average Bonchev–Trinajstić information content (AvgIpc) is 2.85. The number of nitrogen functional groups attached to an aromatic ring is 1. The Bertz CT molecular complexity index is 515. The molecular weight excluding hydrogens is 266 g/mol. The first-order chi connectivity index (χ1) is 10.1. The van der Waals surface area contributed by atoms with Gasteiger partial charge in [-0.2, -0.15) is 0 Å². The molecule has 4 heteroatoms. The first kappa shape index (κ1) is 14.4. The number of hydrogen-bond acceptors (Lipinski definition) is 4. The Hall–Kier alpha value is -1.55. The number of carbonyl (C=O) groups excluding carboxylic acids is 1. The summed E-state index contributed by atoms with van der Waals surface area (Å²) in [6.07, 6.45) is 6.21. The molecule has 1 atom stereocenters. The van der Waals surface area contributed by atoms with E-state index in [-0.39, 0.29) is 17.7 Å². The first-order valence-electron chi connectivity index (χ1n) is 7.78. The number of benzene rings is 1. The molecule has 1 aromatic carbocycles. The first-order valence-corrected chi connectivity index (χ1v) is 7.78. The zero-order chi connectivity index (χ0) is 14.9. The summed E-state index contributed by atoms with van der Waals surface area (Å²) in [6, 6.07) is 5.35. The molecule has 0 amide bonds. The fraction of sp³-hybridized carbons (Fsp3) is 0.588. The van der Waals surface area contributed by atoms with Crippen molar-refractivity contribution < 1.29 is 14.3 Å². The minimum absolute atomic E-state index is 0.0329. The van der Waals surface area contributed by atoms with Gasteiger partial charge in [0.05, 0.1) is 17.8 Å². The van der Waals surface area contributed by atoms with Crippen molar-refractivity contribution in [3.8, 4) is 0 Å². The van der Waals surface area contributed by atoms with Gasteiger partial charge in [-0.05, 0) is 43.5 Å². The molecule has 2 aliphatic rings. The van der Waals surface area contributed by atoms with Crippen LogP contribution in [0.4, 0.5) is 5.69 Å². The Morgan fingerprint density at radius 2 is 2.10 bits per heavy atom. The van der Waals surface area contributed by atoms with Crippen LogP contribution in [0.15, 0.2) is 18.2 Å². The molecule has 21 heavy (non-hydrogen) atoms. The highest BCUT2D eigenvalue weighted by molar-refractivity contribution is 5.90. The van der Waals surface area contributed by atoms with Crippen LogP contribution in [-0.4, -0.2) is 24.3 Å². The molecule has 1 aliphatic heterocycles. The summed E-state index contributed by atoms with van der Waals surface area (Å²) in [5.41, 5.74) is 7.88. The lowest BCUT2D eigenvalue weighted by molar-refractivity contribution is -0.117. The number of esters is 1. The molecule has 4 nitrogen and oxygen atoms in total. The second-order valence-electron chi connectivity index (χ2n) is 6.39. The third kappa shape index (κ3) is 3.21. The van der Waals surface area contributed by atoms with Gasteiger partial charge in [-0.3, -0.25) is 0 Å². The van der Waals surface area contributed by atoms with Crippen molar-refractivity contribution in [1.82, 2.24) is 0 Å². The van der Waals surface area contributed by atoms with Crippen molar-refractivity contribution in [2.75, 3.05) is 12.3 Å². The smallest absolute Gasteiger partial charge is 0.338 e. The van der Waals surface area contributed by atoms with Crippen molar-refractivity contribution >= 4 is 11.7 Å². The lowest BCUT2D eigenvalue weighted by Crippen LogP contribution is -2.41. The highest BCUT2D eigenvalue weighted by Gasteiger charge is 2.41. The normalized spacial score (nSPS) is 24.1. The quantitative estimate of drug-likeness (QED) is 0.670. The highest BCUT2D eigenvalue weighted by atomic mass is 16.6. The van der Waals surface area contributed by atoms with Gasteiger partial charge >= 0.3 is 5.97 Å². The van der Waals surface area contributed by atoms with Crippen LogP contribution >= 0.6 is 0 Å². The molecule has 1 saturated carbocycles. The van der Waals surface area contributed by atoms with E-state index in [1.807, 2.05) is 19.1 Å². The third-order valence-electron chi connectivity index (χ3n) is 4.57. The third-order valence-corrected chi connectivity index (χ3v) is 4.57. The summed E-state index contributed by atoms with van der Waals surface area (Å²) in [6.45, 7) is 2.61. The van der Waals surface area contributed by atoms with Gasteiger partial charge < -0.3 is 15.2 Å². The van der Waals surface area contributed by atoms with Crippen molar-refractivity contribution in [3.05, 3.63) is 29.3 Å². The van der Waals surface area contributed by atoms with E-state index in [9.17, 15) is 4.79 Å². The molecule has 0 aromatic heterocycles. The van der Waals surface area contributed by atoms with Crippen molar-refractivity contribution in [3.63, 3.8) is 0 Å². The van der Waals surface area contributed by atoms with Gasteiger partial charge in [0.1, 0.15) is 6.10 Å². The molecule has 0 bridgehead atoms. The second kappa shape index (κ2) is 5.68. The summed E-state index contributed by atoms with van der Waals surface area (Å²) < 4.78 is 11.7. The van der Waals surface area contributed by atoms with Gasteiger partial charge in [0, 0.05) is 18.5 Å². The van der Waals surface area contributed by atoms with E-state index in [0.29, 0.717) is 17.9 Å². The Morgan fingerprint density at radius 3 is 2.81 bits per heavy atom. The monoisotopic (exact) mass is 289 g/mol. The van der Waals surface area contributed by atoms with Gasteiger partial charge in [-0.25, -0.2) is 4.79 Å². The van der Waals surface area contributed by atoms with Crippen LogP contribution in [0.3, 0.4) is 0 Å². The van der Waals surface area contributed by atoms with Crippen molar-refractivity contribution in [1.29, 1.82) is 0 Å². The largest absolute Gasteiger partial charge is 0.459 e. The molecule has 1 aromatic rings. The minimum Gasteiger partial charge on any atom is -0.459 e. The Kier molecular flexibility index (Phi) is 3.89. The molecule has 3 rings (SSSR count). The fourth-order valence-electron chi connectivity index (χ4n) is 3.60. The number of carbonyl (C=O) groups is 1. The molecule has 0 radical (unpaired) electrons. The van der Waals surface area contributed by atoms with Crippen LogP contribution in [0.1, 0.15) is 54.4 Å². The zero-order valence-electron chi connectivity index (χ0n) is 12.6. The van der Waals surface area contributed by atoms with E-state index in [0.717, 1.165) is 31.2 Å². The zero-order valence-corrected chi connectivity index (χ0v) is 12.6. The molecule has 1 unspecified atom stereocenters. The molecule has 2 fully saturated rings. The lowest BCUT2D eigenvalue weighted by Gasteiger charge is -2.37. The number of anilines is 1. The van der Waals surface area contributed by atoms with Crippen LogP contribution in [0, 0.1) is 6.92 Å². The summed E-state index contributed by atoms with van der Waals surface area (Å²) in [5, 5.41) is 0. The maximum Gasteiger partial charge on any atom is 0.338 e. The number of ether oxygens (including phenoxy) is 2. The van der Waals surface area contributed by atoms with Gasteiger partial charge in [-0.15, -0.1) is 0 Å². The second-order valence-corrected chi connectivity index (χ2v) is 6.39. The summed E-state index contributed by atoms with van der Waals surface area (Å²) in [4.78, 5) is 12.3. The van der Waals surface area contributed by atoms with E-state index in [2.05, 4.69) is 0 Å². The molecule has 1 aliphatic carbocycles. The van der Waals surface area contributed by atoms with E-state index in [1.54, 1.807) is 6.07 Å². The van der Waals surface area contributed by atoms with Crippen LogP contribution in [-0.2, 0) is 9.47 Å². The van der Waals surface area contributed by atoms with Crippen LogP contribution in [0.5, 0.6) is 0 Å². The van der Waals surface area contributed by atoms with Crippen molar-refractivity contribution in [2.24, 2.45) is 0 Å². The standard InChI is InChI=1S/C17H23NO3/c1-12-8-13(10-14(18)9-12)16(19)21-15-4-7-20-17(11-15)5-2-3-6-17/h8-10,15H,2-7,11,18H2,1H3. The SMILES string of the molecule is Cc1cc(N)cc(C(=O)OC2CCOC3(CCCC3)C2)c1. The number of hydrogen-bond donors (Lipinski definition) is 1. The molecule has 1 heterocycles. The Labute approximate surface area is 125 Å². The average molecular weight is 289 g/mol. The molecule has 1 spiro atoms. The Morgan fingerprint density at radius 1 is 1.33 bits per heavy atom. The predicted molar refractivity (Wildman–Crippen MR) is 81.2 cm³/mol. The summed E-state index contributed by atoms with van der Waals surface area (Å²) in [5.74, 6) is -0.273. The van der Waals surface area contributed by atoms with Crippen LogP contribution in [0.2, 0.25) is 0 Å². The van der Waals surface area contributed by atoms with E-state index in [4.69, 9.17) is 15.2 Å². The Balaban J connectivity index is 1.66. The van der Waals surface area contributed by atoms with Crippen molar-refractivity contribution in [2.45, 2.75) is 57.2 Å². The van der Waals surface area contributed by atoms with Gasteiger partial charge in [0.2, 0.25) is 0 Å². The van der Waals surface area contributed by atoms with Crippen LogP contribution < -0.4 is 5.73 Å². The number of aryl methyl sites for hydroxylation is 1. The molecule has 1 saturated heterocycles. The topological polar surface area (TPSA) is 61.6 Å². The minimum atomic E-state index is -0.273. The summed E-state index contributed by atoms with van der Waals surface area (Å²) in [7, 11) is 0. The van der Waals surface area contributed by atoms with Gasteiger partial charge in [0.15, 0.2) is 0 Å². The number of rotatable bonds is 2. The number of nitrogens with two attached hydrogens (primary N) is 1. The maximum atomic E-state index is 12.3. The molecule has 114 valence electrons. The molecule has 2 N–H and O–H groups in total. The lowest BCUT2D eigenvalue weighted by atomic mass is 9.90. The molecular formula is C17H23NO3. The summed E-state index contributed by atoms with van der Waals surface area (Å²) >= 11 is 0. The van der Waals surface area contributed by atoms with Gasteiger partial charge in [-0.1, -0.05) is 12.8 Å². The van der Waals surface area contributed by atoms with Crippen LogP contribution in [0.25, 0.3) is 0 Å².